The zero-order valence-corrected chi connectivity index (χ0v) is 14.6. The summed E-state index contributed by atoms with van der Waals surface area (Å²) in [4.78, 5) is 17.1. The third kappa shape index (κ3) is 3.41. The Bertz CT molecular complexity index is 904. The van der Waals surface area contributed by atoms with E-state index in [9.17, 15) is 9.90 Å². The number of ketones is 1. The minimum atomic E-state index is -0.433. The molecular formula is C21H23N3O2. The van der Waals surface area contributed by atoms with Crippen LogP contribution in [0.15, 0.2) is 54.9 Å². The SMILES string of the molecule is O=C(C[C@H]1NCCC[C@@H]1O)Cn1cnc2c(-c3ccccc3)cccc21. The van der Waals surface area contributed by atoms with Crippen LogP contribution in [0.1, 0.15) is 19.3 Å². The highest BCUT2D eigenvalue weighted by Crippen LogP contribution is 2.27. The van der Waals surface area contributed by atoms with Gasteiger partial charge < -0.3 is 15.0 Å². The summed E-state index contributed by atoms with van der Waals surface area (Å²) in [6, 6.07) is 16.1. The first-order valence-electron chi connectivity index (χ1n) is 9.15. The lowest BCUT2D eigenvalue weighted by molar-refractivity contribution is -0.121. The Hall–Kier alpha value is -2.50. The number of nitrogens with zero attached hydrogens (tertiary/aromatic N) is 2. The summed E-state index contributed by atoms with van der Waals surface area (Å²) >= 11 is 0. The Labute approximate surface area is 152 Å². The van der Waals surface area contributed by atoms with Gasteiger partial charge in [0.05, 0.1) is 30.0 Å². The molecule has 2 aromatic carbocycles. The first kappa shape index (κ1) is 16.9. The number of imidazole rings is 1. The van der Waals surface area contributed by atoms with Gasteiger partial charge in [-0.15, -0.1) is 0 Å². The van der Waals surface area contributed by atoms with Gasteiger partial charge in [-0.2, -0.15) is 0 Å². The fourth-order valence-corrected chi connectivity index (χ4v) is 3.71. The van der Waals surface area contributed by atoms with Crippen LogP contribution in [0.25, 0.3) is 22.2 Å². The quantitative estimate of drug-likeness (QED) is 0.743. The molecule has 3 aromatic rings. The van der Waals surface area contributed by atoms with Crippen LogP contribution in [0.5, 0.6) is 0 Å². The van der Waals surface area contributed by atoms with Crippen molar-refractivity contribution in [3.8, 4) is 11.1 Å². The molecule has 4 rings (SSSR count). The fourth-order valence-electron chi connectivity index (χ4n) is 3.71. The number of aliphatic hydroxyl groups is 1. The Kier molecular flexibility index (Phi) is 4.82. The standard InChI is InChI=1S/C21H23N3O2/c25-16(12-18-20(26)10-5-11-22-18)13-24-14-23-21-17(8-4-9-19(21)24)15-6-2-1-3-7-15/h1-4,6-9,14,18,20,22,26H,5,10-13H2/t18-,20+/m1/s1. The number of nitrogens with one attached hydrogen (secondary N) is 1. The molecule has 1 fully saturated rings. The molecule has 2 N–H and O–H groups in total. The van der Waals surface area contributed by atoms with Gasteiger partial charge in [-0.05, 0) is 31.0 Å². The van der Waals surface area contributed by atoms with Crippen molar-refractivity contribution >= 4 is 16.8 Å². The van der Waals surface area contributed by atoms with Crippen molar-refractivity contribution in [1.29, 1.82) is 0 Å². The molecule has 0 aliphatic carbocycles. The molecule has 0 bridgehead atoms. The van der Waals surface area contributed by atoms with Crippen molar-refractivity contribution in [2.24, 2.45) is 0 Å². The Morgan fingerprint density at radius 1 is 1.19 bits per heavy atom. The van der Waals surface area contributed by atoms with Gasteiger partial charge in [0.15, 0.2) is 5.78 Å². The molecule has 1 aromatic heterocycles. The summed E-state index contributed by atoms with van der Waals surface area (Å²) in [6.07, 6.45) is 3.37. The maximum atomic E-state index is 12.5. The third-order valence-corrected chi connectivity index (χ3v) is 5.08. The molecule has 0 amide bonds. The van der Waals surface area contributed by atoms with Gasteiger partial charge in [0.2, 0.25) is 0 Å². The number of carbonyl (C=O) groups is 1. The molecule has 5 heteroatoms. The number of piperidine rings is 1. The predicted octanol–water partition coefficient (Wildman–Crippen LogP) is 2.78. The van der Waals surface area contributed by atoms with Gasteiger partial charge in [-0.3, -0.25) is 4.79 Å². The van der Waals surface area contributed by atoms with Crippen LogP contribution in [-0.4, -0.2) is 39.1 Å². The maximum absolute atomic E-state index is 12.5. The zero-order chi connectivity index (χ0) is 17.9. The molecule has 5 nitrogen and oxygen atoms in total. The van der Waals surface area contributed by atoms with Gasteiger partial charge in [-0.1, -0.05) is 42.5 Å². The van der Waals surface area contributed by atoms with Crippen molar-refractivity contribution in [3.63, 3.8) is 0 Å². The van der Waals surface area contributed by atoms with Crippen LogP contribution >= 0.6 is 0 Å². The number of hydrogen-bond donors (Lipinski definition) is 2. The monoisotopic (exact) mass is 349 g/mol. The normalized spacial score (nSPS) is 20.3. The maximum Gasteiger partial charge on any atom is 0.154 e. The van der Waals surface area contributed by atoms with Gasteiger partial charge in [0.25, 0.3) is 0 Å². The van der Waals surface area contributed by atoms with Crippen LogP contribution in [0, 0.1) is 0 Å². The van der Waals surface area contributed by atoms with E-state index < -0.39 is 6.10 Å². The van der Waals surface area contributed by atoms with Crippen LogP contribution < -0.4 is 5.32 Å². The second kappa shape index (κ2) is 7.40. The second-order valence-electron chi connectivity index (χ2n) is 6.92. The molecule has 2 heterocycles. The largest absolute Gasteiger partial charge is 0.391 e. The topological polar surface area (TPSA) is 67.2 Å². The van der Waals surface area contributed by atoms with E-state index in [1.807, 2.05) is 34.9 Å². The Morgan fingerprint density at radius 3 is 2.85 bits per heavy atom. The van der Waals surface area contributed by atoms with Crippen LogP contribution in [0.4, 0.5) is 0 Å². The molecule has 134 valence electrons. The summed E-state index contributed by atoms with van der Waals surface area (Å²) in [5.41, 5.74) is 4.04. The predicted molar refractivity (Wildman–Crippen MR) is 102 cm³/mol. The highest BCUT2D eigenvalue weighted by atomic mass is 16.3. The smallest absolute Gasteiger partial charge is 0.154 e. The number of fused-ring (bicyclic) bond motifs is 1. The van der Waals surface area contributed by atoms with E-state index >= 15 is 0 Å². The molecule has 0 unspecified atom stereocenters. The molecule has 0 saturated carbocycles. The highest BCUT2D eigenvalue weighted by molar-refractivity contribution is 5.93. The number of benzene rings is 2. The molecule has 0 spiro atoms. The minimum Gasteiger partial charge on any atom is -0.391 e. The van der Waals surface area contributed by atoms with Crippen molar-refractivity contribution in [1.82, 2.24) is 14.9 Å². The first-order chi connectivity index (χ1) is 12.7. The average Bonchev–Trinajstić information content (AvgIpc) is 3.07. The first-order valence-corrected chi connectivity index (χ1v) is 9.15. The molecule has 0 radical (unpaired) electrons. The highest BCUT2D eigenvalue weighted by Gasteiger charge is 2.25. The van der Waals surface area contributed by atoms with Crippen molar-refractivity contribution in [2.45, 2.75) is 38.0 Å². The average molecular weight is 349 g/mol. The summed E-state index contributed by atoms with van der Waals surface area (Å²) < 4.78 is 1.90. The van der Waals surface area contributed by atoms with Crippen LogP contribution in [0.3, 0.4) is 0 Å². The van der Waals surface area contributed by atoms with E-state index in [4.69, 9.17) is 0 Å². The van der Waals surface area contributed by atoms with Crippen LogP contribution in [0.2, 0.25) is 0 Å². The number of aromatic nitrogens is 2. The van der Waals surface area contributed by atoms with Gasteiger partial charge >= 0.3 is 0 Å². The number of para-hydroxylation sites is 1. The zero-order valence-electron chi connectivity index (χ0n) is 14.6. The lowest BCUT2D eigenvalue weighted by Crippen LogP contribution is -2.46. The van der Waals surface area contributed by atoms with Gasteiger partial charge in [-0.25, -0.2) is 4.98 Å². The van der Waals surface area contributed by atoms with Crippen molar-refractivity contribution < 1.29 is 9.90 Å². The summed E-state index contributed by atoms with van der Waals surface area (Å²) in [6.45, 7) is 1.14. The minimum absolute atomic E-state index is 0.105. The molecule has 2 atom stereocenters. The molecule has 1 aliphatic rings. The van der Waals surface area contributed by atoms with E-state index in [0.29, 0.717) is 6.42 Å². The van der Waals surface area contributed by atoms with E-state index in [1.54, 1.807) is 6.33 Å². The number of rotatable bonds is 5. The third-order valence-electron chi connectivity index (χ3n) is 5.08. The van der Waals surface area contributed by atoms with Crippen LogP contribution in [-0.2, 0) is 11.3 Å². The Balaban J connectivity index is 1.55. The summed E-state index contributed by atoms with van der Waals surface area (Å²) in [5, 5.41) is 13.3. The molecule has 1 aliphatic heterocycles. The van der Waals surface area contributed by atoms with Gasteiger partial charge in [0.1, 0.15) is 0 Å². The van der Waals surface area contributed by atoms with E-state index in [1.165, 1.54) is 0 Å². The molecular weight excluding hydrogens is 326 g/mol. The number of Topliss-reactive ketones (excluding diaryl/α,β-unsaturated/α-hetero) is 1. The van der Waals surface area contributed by atoms with E-state index in [2.05, 4.69) is 28.5 Å². The van der Waals surface area contributed by atoms with E-state index in [-0.39, 0.29) is 18.4 Å². The number of hydrogen-bond acceptors (Lipinski definition) is 4. The lowest BCUT2D eigenvalue weighted by Gasteiger charge is -2.28. The van der Waals surface area contributed by atoms with E-state index in [0.717, 1.165) is 41.5 Å². The summed E-state index contributed by atoms with van der Waals surface area (Å²) in [7, 11) is 0. The lowest BCUT2D eigenvalue weighted by atomic mass is 9.97. The number of carbonyl (C=O) groups excluding carboxylic acids is 1. The Morgan fingerprint density at radius 2 is 2.04 bits per heavy atom. The fraction of sp³-hybridized carbons (Fsp3) is 0.333. The van der Waals surface area contributed by atoms with Crippen molar-refractivity contribution in [3.05, 3.63) is 54.9 Å². The summed E-state index contributed by atoms with van der Waals surface area (Å²) in [5.74, 6) is 0.105. The number of aliphatic hydroxyl groups excluding tert-OH is 1. The van der Waals surface area contributed by atoms with Gasteiger partial charge in [0, 0.05) is 18.0 Å². The van der Waals surface area contributed by atoms with Crippen molar-refractivity contribution in [2.75, 3.05) is 6.54 Å². The molecule has 1 saturated heterocycles. The second-order valence-corrected chi connectivity index (χ2v) is 6.92. The molecule has 26 heavy (non-hydrogen) atoms.